The molecule has 19 heavy (non-hydrogen) atoms. The lowest BCUT2D eigenvalue weighted by Crippen LogP contribution is -2.33. The van der Waals surface area contributed by atoms with Crippen molar-refractivity contribution in [2.45, 2.75) is 37.8 Å². The van der Waals surface area contributed by atoms with Crippen LogP contribution in [0.15, 0.2) is 16.6 Å². The number of hydrogen-bond acceptors (Lipinski definition) is 4. The molecular formula is C12H14BrFN2O3. The van der Waals surface area contributed by atoms with Crippen molar-refractivity contribution in [3.63, 3.8) is 0 Å². The molecule has 5 nitrogen and oxygen atoms in total. The molecule has 2 atom stereocenters. The number of halogens is 2. The molecule has 0 heterocycles. The monoisotopic (exact) mass is 332 g/mol. The van der Waals surface area contributed by atoms with Crippen molar-refractivity contribution in [3.8, 4) is 5.75 Å². The van der Waals surface area contributed by atoms with Gasteiger partial charge < -0.3 is 10.5 Å². The minimum Gasteiger partial charge on any atom is -0.483 e. The fourth-order valence-corrected chi connectivity index (χ4v) is 2.55. The Bertz CT molecular complexity index is 498. The molecule has 0 spiro atoms. The summed E-state index contributed by atoms with van der Waals surface area (Å²) in [5.74, 6) is -0.620. The maximum Gasteiger partial charge on any atom is 0.312 e. The van der Waals surface area contributed by atoms with Crippen LogP contribution in [0.1, 0.15) is 25.7 Å². The Balaban J connectivity index is 2.23. The summed E-state index contributed by atoms with van der Waals surface area (Å²) < 4.78 is 19.1. The van der Waals surface area contributed by atoms with Crippen molar-refractivity contribution in [2.75, 3.05) is 0 Å². The molecule has 1 aliphatic carbocycles. The summed E-state index contributed by atoms with van der Waals surface area (Å²) in [5.41, 5.74) is 5.59. The van der Waals surface area contributed by atoms with E-state index in [2.05, 4.69) is 15.9 Å². The number of rotatable bonds is 3. The first-order valence-corrected chi connectivity index (χ1v) is 6.82. The second-order valence-corrected chi connectivity index (χ2v) is 5.51. The van der Waals surface area contributed by atoms with Gasteiger partial charge in [0.05, 0.1) is 9.40 Å². The highest BCUT2D eigenvalue weighted by atomic mass is 79.9. The van der Waals surface area contributed by atoms with Gasteiger partial charge in [0.15, 0.2) is 5.75 Å². The first-order valence-electron chi connectivity index (χ1n) is 6.03. The lowest BCUT2D eigenvalue weighted by atomic mass is 9.93. The molecule has 0 bridgehead atoms. The number of ether oxygens (including phenoxy) is 1. The molecule has 0 saturated heterocycles. The standard InChI is InChI=1S/C12H14BrFN2O3/c13-9-5-11(16(17)18)12(6-10(9)14)19-8-3-1-2-7(15)4-8/h5-8H,1-4,15H2. The van der Waals surface area contributed by atoms with Crippen LogP contribution in [-0.2, 0) is 0 Å². The Morgan fingerprint density at radius 1 is 1.47 bits per heavy atom. The molecule has 0 aromatic heterocycles. The van der Waals surface area contributed by atoms with E-state index in [-0.39, 0.29) is 28.1 Å². The summed E-state index contributed by atoms with van der Waals surface area (Å²) >= 11 is 2.93. The summed E-state index contributed by atoms with van der Waals surface area (Å²) in [7, 11) is 0. The summed E-state index contributed by atoms with van der Waals surface area (Å²) in [5, 5.41) is 10.9. The number of benzene rings is 1. The first kappa shape index (κ1) is 14.2. The van der Waals surface area contributed by atoms with Crippen LogP contribution in [0.4, 0.5) is 10.1 Å². The van der Waals surface area contributed by atoms with Crippen LogP contribution >= 0.6 is 15.9 Å². The smallest absolute Gasteiger partial charge is 0.312 e. The summed E-state index contributed by atoms with van der Waals surface area (Å²) in [6.07, 6.45) is 3.06. The minimum atomic E-state index is -0.583. The molecule has 1 fully saturated rings. The molecule has 1 aromatic carbocycles. The fraction of sp³-hybridized carbons (Fsp3) is 0.500. The van der Waals surface area contributed by atoms with E-state index in [4.69, 9.17) is 10.5 Å². The Labute approximate surface area is 118 Å². The van der Waals surface area contributed by atoms with Gasteiger partial charge in [-0.15, -0.1) is 0 Å². The molecule has 0 radical (unpaired) electrons. The Kier molecular flexibility index (Phi) is 4.36. The summed E-state index contributed by atoms with van der Waals surface area (Å²) in [6.45, 7) is 0. The van der Waals surface area contributed by atoms with E-state index in [0.717, 1.165) is 31.4 Å². The molecule has 0 aliphatic heterocycles. The normalized spacial score (nSPS) is 23.1. The van der Waals surface area contributed by atoms with Crippen LogP contribution in [0, 0.1) is 15.9 Å². The quantitative estimate of drug-likeness (QED) is 0.681. The molecule has 7 heteroatoms. The highest BCUT2D eigenvalue weighted by molar-refractivity contribution is 9.10. The van der Waals surface area contributed by atoms with Crippen molar-refractivity contribution in [2.24, 2.45) is 5.73 Å². The predicted molar refractivity (Wildman–Crippen MR) is 71.6 cm³/mol. The third-order valence-corrected chi connectivity index (χ3v) is 3.77. The number of nitrogens with two attached hydrogens (primary N) is 1. The van der Waals surface area contributed by atoms with Gasteiger partial charge in [-0.3, -0.25) is 10.1 Å². The van der Waals surface area contributed by atoms with Crippen molar-refractivity contribution in [1.82, 2.24) is 0 Å². The van der Waals surface area contributed by atoms with Crippen LogP contribution in [0.5, 0.6) is 5.75 Å². The molecule has 104 valence electrons. The summed E-state index contributed by atoms with van der Waals surface area (Å²) in [4.78, 5) is 10.4. The lowest BCUT2D eigenvalue weighted by Gasteiger charge is -2.27. The van der Waals surface area contributed by atoms with Gasteiger partial charge >= 0.3 is 5.69 Å². The zero-order valence-electron chi connectivity index (χ0n) is 10.1. The van der Waals surface area contributed by atoms with Crippen LogP contribution in [0.25, 0.3) is 0 Å². The van der Waals surface area contributed by atoms with Gasteiger partial charge in [-0.2, -0.15) is 0 Å². The van der Waals surface area contributed by atoms with Crippen LogP contribution in [0.3, 0.4) is 0 Å². The van der Waals surface area contributed by atoms with Gasteiger partial charge in [0.2, 0.25) is 0 Å². The average Bonchev–Trinajstić information content (AvgIpc) is 2.33. The van der Waals surface area contributed by atoms with Gasteiger partial charge in [0.1, 0.15) is 11.9 Å². The molecule has 2 N–H and O–H groups in total. The van der Waals surface area contributed by atoms with E-state index in [1.165, 1.54) is 0 Å². The van der Waals surface area contributed by atoms with Gasteiger partial charge in [-0.05, 0) is 41.6 Å². The van der Waals surface area contributed by atoms with E-state index in [0.29, 0.717) is 6.42 Å². The largest absolute Gasteiger partial charge is 0.483 e. The van der Waals surface area contributed by atoms with Crippen molar-refractivity contribution in [1.29, 1.82) is 0 Å². The van der Waals surface area contributed by atoms with Gasteiger partial charge in [-0.25, -0.2) is 4.39 Å². The maximum absolute atomic E-state index is 13.5. The molecule has 1 aromatic rings. The Hall–Kier alpha value is -1.21. The van der Waals surface area contributed by atoms with Crippen LogP contribution in [-0.4, -0.2) is 17.1 Å². The zero-order valence-corrected chi connectivity index (χ0v) is 11.7. The van der Waals surface area contributed by atoms with E-state index >= 15 is 0 Å². The molecule has 0 amide bonds. The second kappa shape index (κ2) is 5.83. The predicted octanol–water partition coefficient (Wildman–Crippen LogP) is 3.15. The third-order valence-electron chi connectivity index (χ3n) is 3.16. The molecule has 1 saturated carbocycles. The highest BCUT2D eigenvalue weighted by Gasteiger charge is 2.25. The molecule has 1 aliphatic rings. The van der Waals surface area contributed by atoms with E-state index < -0.39 is 10.7 Å². The van der Waals surface area contributed by atoms with Crippen LogP contribution < -0.4 is 10.5 Å². The third kappa shape index (κ3) is 3.42. The molecular weight excluding hydrogens is 319 g/mol. The number of hydrogen-bond donors (Lipinski definition) is 1. The minimum absolute atomic E-state index is 0.0372. The van der Waals surface area contributed by atoms with Crippen molar-refractivity contribution < 1.29 is 14.1 Å². The topological polar surface area (TPSA) is 78.4 Å². The SMILES string of the molecule is NC1CCCC(Oc2cc(F)c(Br)cc2[N+](=O)[O-])C1. The van der Waals surface area contributed by atoms with Crippen LogP contribution in [0.2, 0.25) is 0 Å². The first-order chi connectivity index (χ1) is 8.97. The molecule has 2 rings (SSSR count). The summed E-state index contributed by atoms with van der Waals surface area (Å²) in [6, 6.07) is 2.20. The Morgan fingerprint density at radius 2 is 2.21 bits per heavy atom. The lowest BCUT2D eigenvalue weighted by molar-refractivity contribution is -0.386. The van der Waals surface area contributed by atoms with Crippen molar-refractivity contribution in [3.05, 3.63) is 32.5 Å². The maximum atomic E-state index is 13.5. The van der Waals surface area contributed by atoms with Crippen molar-refractivity contribution >= 4 is 21.6 Å². The second-order valence-electron chi connectivity index (χ2n) is 4.66. The van der Waals surface area contributed by atoms with E-state index in [9.17, 15) is 14.5 Å². The van der Waals surface area contributed by atoms with E-state index in [1.54, 1.807) is 0 Å². The number of nitro benzene ring substituents is 1. The van der Waals surface area contributed by atoms with E-state index in [1.807, 2.05) is 0 Å². The highest BCUT2D eigenvalue weighted by Crippen LogP contribution is 2.34. The zero-order chi connectivity index (χ0) is 14.0. The Morgan fingerprint density at radius 3 is 2.84 bits per heavy atom. The van der Waals surface area contributed by atoms with Gasteiger partial charge in [-0.1, -0.05) is 0 Å². The average molecular weight is 333 g/mol. The van der Waals surface area contributed by atoms with Gasteiger partial charge in [0, 0.05) is 18.2 Å². The van der Waals surface area contributed by atoms with Gasteiger partial charge in [0.25, 0.3) is 0 Å². The number of nitro groups is 1. The molecule has 2 unspecified atom stereocenters. The number of nitrogens with zero attached hydrogens (tertiary/aromatic N) is 1. The fourth-order valence-electron chi connectivity index (χ4n) is 2.22.